The molecule has 4 rings (SSSR count). The normalized spacial score (nSPS) is 17.4. The molecule has 0 saturated heterocycles. The first-order chi connectivity index (χ1) is 16.0. The highest BCUT2D eigenvalue weighted by molar-refractivity contribution is 8.16. The highest BCUT2D eigenvalue weighted by Crippen LogP contribution is 2.45. The third kappa shape index (κ3) is 5.07. The number of amidine groups is 1. The van der Waals surface area contributed by atoms with E-state index in [4.69, 9.17) is 9.73 Å². The lowest BCUT2D eigenvalue weighted by Gasteiger charge is -2.36. The van der Waals surface area contributed by atoms with Crippen molar-refractivity contribution in [1.82, 2.24) is 10.2 Å². The van der Waals surface area contributed by atoms with Gasteiger partial charge in [-0.15, -0.1) is 11.3 Å². The van der Waals surface area contributed by atoms with Crippen molar-refractivity contribution in [1.29, 1.82) is 0 Å². The number of ether oxygens (including phenoxy) is 1. The first kappa shape index (κ1) is 23.3. The Labute approximate surface area is 202 Å². The second-order valence-electron chi connectivity index (χ2n) is 7.87. The van der Waals surface area contributed by atoms with Crippen LogP contribution in [-0.2, 0) is 20.7 Å². The molecule has 2 aromatic rings. The molecule has 0 bridgehead atoms. The summed E-state index contributed by atoms with van der Waals surface area (Å²) in [5.41, 5.74) is 4.15. The maximum atomic E-state index is 12.9. The summed E-state index contributed by atoms with van der Waals surface area (Å²) in [5.74, 6) is -0.440. The minimum atomic E-state index is -0.391. The van der Waals surface area contributed by atoms with Crippen LogP contribution >= 0.6 is 23.1 Å². The molecule has 1 unspecified atom stereocenters. The molecule has 33 heavy (non-hydrogen) atoms. The summed E-state index contributed by atoms with van der Waals surface area (Å²) in [7, 11) is 1.39. The zero-order valence-corrected chi connectivity index (χ0v) is 20.6. The number of benzene rings is 1. The van der Waals surface area contributed by atoms with E-state index in [1.54, 1.807) is 11.3 Å². The summed E-state index contributed by atoms with van der Waals surface area (Å²) in [6.07, 6.45) is 1.65. The largest absolute Gasteiger partial charge is 0.466 e. The van der Waals surface area contributed by atoms with Gasteiger partial charge < -0.3 is 15.0 Å². The molecule has 6 nitrogen and oxygen atoms in total. The number of aryl methyl sites for hydroxylation is 1. The van der Waals surface area contributed by atoms with E-state index in [0.717, 1.165) is 34.1 Å². The Morgan fingerprint density at radius 1 is 1.24 bits per heavy atom. The number of methoxy groups -OCH3 is 1. The van der Waals surface area contributed by atoms with E-state index < -0.39 is 5.97 Å². The second-order valence-corrected chi connectivity index (χ2v) is 9.74. The van der Waals surface area contributed by atoms with Gasteiger partial charge in [0, 0.05) is 17.1 Å². The van der Waals surface area contributed by atoms with Gasteiger partial charge in [-0.25, -0.2) is 9.79 Å². The quantitative estimate of drug-likeness (QED) is 0.541. The minimum Gasteiger partial charge on any atom is -0.466 e. The van der Waals surface area contributed by atoms with E-state index in [2.05, 4.69) is 17.4 Å². The van der Waals surface area contributed by atoms with Gasteiger partial charge in [-0.3, -0.25) is 4.79 Å². The number of carbonyl (C=O) groups excluding carboxylic acids is 2. The maximum Gasteiger partial charge on any atom is 0.338 e. The fraction of sp³-hybridized carbons (Fsp3) is 0.320. The third-order valence-electron chi connectivity index (χ3n) is 5.60. The van der Waals surface area contributed by atoms with E-state index >= 15 is 0 Å². The van der Waals surface area contributed by atoms with Crippen LogP contribution in [0, 0.1) is 6.92 Å². The molecular weight excluding hydrogens is 454 g/mol. The number of carbonyl (C=O) groups is 2. The number of thiophene rings is 1. The van der Waals surface area contributed by atoms with Crippen molar-refractivity contribution in [2.24, 2.45) is 4.99 Å². The highest BCUT2D eigenvalue weighted by atomic mass is 32.2. The van der Waals surface area contributed by atoms with Gasteiger partial charge in [0.2, 0.25) is 5.91 Å². The van der Waals surface area contributed by atoms with Crippen LogP contribution in [0.2, 0.25) is 0 Å². The van der Waals surface area contributed by atoms with Crippen molar-refractivity contribution in [3.8, 4) is 0 Å². The molecule has 2 aliphatic rings. The van der Waals surface area contributed by atoms with Gasteiger partial charge in [-0.05, 0) is 42.2 Å². The van der Waals surface area contributed by atoms with Gasteiger partial charge in [0.05, 0.1) is 30.8 Å². The van der Waals surface area contributed by atoms with Gasteiger partial charge >= 0.3 is 5.97 Å². The van der Waals surface area contributed by atoms with Gasteiger partial charge in [0.1, 0.15) is 0 Å². The molecular formula is C25H27N3O3S2. The van der Waals surface area contributed by atoms with Gasteiger partial charge in [0.15, 0.2) is 5.17 Å². The molecule has 8 heteroatoms. The van der Waals surface area contributed by atoms with E-state index in [0.29, 0.717) is 18.5 Å². The standard InChI is InChI=1S/C25H27N3O3S2/c1-4-20-22(24(30)31-3)23(17-8-5-7-16(2)13-17)28-18(15-33-25(28)27-20)14-21(29)26-11-10-19-9-6-12-32-19/h5-9,12-13,15,23H,4,10-11,14H2,1-3H3,(H,26,29). The number of fused-ring (bicyclic) bond motifs is 1. The smallest absolute Gasteiger partial charge is 0.338 e. The fourth-order valence-electron chi connectivity index (χ4n) is 4.07. The topological polar surface area (TPSA) is 71.0 Å². The summed E-state index contributed by atoms with van der Waals surface area (Å²) in [6, 6.07) is 11.8. The molecule has 1 aromatic heterocycles. The van der Waals surface area contributed by atoms with E-state index in [-0.39, 0.29) is 18.4 Å². The van der Waals surface area contributed by atoms with Gasteiger partial charge in [0.25, 0.3) is 0 Å². The molecule has 3 heterocycles. The Balaban J connectivity index is 1.59. The zero-order chi connectivity index (χ0) is 23.4. The highest BCUT2D eigenvalue weighted by Gasteiger charge is 2.41. The maximum absolute atomic E-state index is 12.9. The van der Waals surface area contributed by atoms with Crippen LogP contribution in [0.1, 0.15) is 41.8 Å². The van der Waals surface area contributed by atoms with Gasteiger partial charge in [-0.1, -0.05) is 54.6 Å². The lowest BCUT2D eigenvalue weighted by atomic mass is 9.92. The van der Waals surface area contributed by atoms with Crippen LogP contribution in [-0.4, -0.2) is 35.6 Å². The number of nitrogens with zero attached hydrogens (tertiary/aromatic N) is 2. The van der Waals surface area contributed by atoms with Crippen LogP contribution in [0.4, 0.5) is 0 Å². The summed E-state index contributed by atoms with van der Waals surface area (Å²) in [5, 5.41) is 7.81. The predicted octanol–water partition coefficient (Wildman–Crippen LogP) is 4.94. The van der Waals surface area contributed by atoms with Crippen LogP contribution in [0.15, 0.2) is 69.1 Å². The van der Waals surface area contributed by atoms with Crippen LogP contribution in [0.5, 0.6) is 0 Å². The number of nitrogens with one attached hydrogen (secondary N) is 1. The molecule has 0 radical (unpaired) electrons. The molecule has 172 valence electrons. The van der Waals surface area contributed by atoms with Crippen molar-refractivity contribution in [3.63, 3.8) is 0 Å². The Hall–Kier alpha value is -2.84. The number of hydrogen-bond acceptors (Lipinski definition) is 7. The molecule has 1 amide bonds. The molecule has 1 N–H and O–H groups in total. The van der Waals surface area contributed by atoms with Crippen LogP contribution < -0.4 is 5.32 Å². The number of esters is 1. The third-order valence-corrected chi connectivity index (χ3v) is 7.43. The average molecular weight is 482 g/mol. The first-order valence-corrected chi connectivity index (χ1v) is 12.7. The Morgan fingerprint density at radius 3 is 2.79 bits per heavy atom. The Morgan fingerprint density at radius 2 is 2.09 bits per heavy atom. The van der Waals surface area contributed by atoms with E-state index in [1.165, 1.54) is 23.7 Å². The molecule has 0 fully saturated rings. The number of hydrogen-bond donors (Lipinski definition) is 1. The molecule has 2 aliphatic heterocycles. The minimum absolute atomic E-state index is 0.0486. The number of thioether (sulfide) groups is 1. The number of amides is 1. The zero-order valence-electron chi connectivity index (χ0n) is 19.0. The van der Waals surface area contributed by atoms with Crippen LogP contribution in [0.3, 0.4) is 0 Å². The van der Waals surface area contributed by atoms with E-state index in [9.17, 15) is 9.59 Å². The van der Waals surface area contributed by atoms with Crippen molar-refractivity contribution >= 4 is 40.1 Å². The number of rotatable bonds is 8. The Bertz CT molecular complexity index is 1140. The second kappa shape index (κ2) is 10.4. The number of aliphatic imine (C=N–C) groups is 1. The summed E-state index contributed by atoms with van der Waals surface area (Å²) in [6.45, 7) is 4.61. The van der Waals surface area contributed by atoms with Crippen molar-refractivity contribution in [3.05, 3.63) is 80.2 Å². The first-order valence-electron chi connectivity index (χ1n) is 10.9. The summed E-state index contributed by atoms with van der Waals surface area (Å²) < 4.78 is 5.16. The van der Waals surface area contributed by atoms with Crippen molar-refractivity contribution in [2.75, 3.05) is 13.7 Å². The Kier molecular flexibility index (Phi) is 7.35. The summed E-state index contributed by atoms with van der Waals surface area (Å²) in [4.78, 5) is 33.7. The molecule has 1 atom stereocenters. The fourth-order valence-corrected chi connectivity index (χ4v) is 5.72. The SMILES string of the molecule is CCC1=C(C(=O)OC)C(c2cccc(C)c2)N2C(CC(=O)NCCc3cccs3)=CSC2=N1. The number of allylic oxidation sites excluding steroid dienone is 1. The van der Waals surface area contributed by atoms with E-state index in [1.807, 2.05) is 53.8 Å². The average Bonchev–Trinajstić information content (AvgIpc) is 3.47. The van der Waals surface area contributed by atoms with Crippen LogP contribution in [0.25, 0.3) is 0 Å². The monoisotopic (exact) mass is 481 g/mol. The van der Waals surface area contributed by atoms with Gasteiger partial charge in [-0.2, -0.15) is 0 Å². The molecule has 1 aromatic carbocycles. The molecule has 0 saturated carbocycles. The molecule has 0 aliphatic carbocycles. The lowest BCUT2D eigenvalue weighted by Crippen LogP contribution is -2.38. The van der Waals surface area contributed by atoms with Crippen molar-refractivity contribution in [2.45, 2.75) is 39.2 Å². The van der Waals surface area contributed by atoms with Crippen molar-refractivity contribution < 1.29 is 14.3 Å². The summed E-state index contributed by atoms with van der Waals surface area (Å²) >= 11 is 3.18. The predicted molar refractivity (Wildman–Crippen MR) is 134 cm³/mol. The molecule has 0 spiro atoms. The lowest BCUT2D eigenvalue weighted by molar-refractivity contribution is -0.136.